The number of hydrogen-bond donors (Lipinski definition) is 2. The minimum absolute atomic E-state index is 0.208. The predicted molar refractivity (Wildman–Crippen MR) is 81.6 cm³/mol. The number of nitrogens with one attached hydrogen (secondary N) is 2. The van der Waals surface area contributed by atoms with Gasteiger partial charge in [0.2, 0.25) is 0 Å². The molecule has 0 saturated heterocycles. The Morgan fingerprint density at radius 1 is 1.17 bits per heavy atom. The van der Waals surface area contributed by atoms with Crippen molar-refractivity contribution < 1.29 is 13.6 Å². The Balaban J connectivity index is 1.70. The first-order valence-electron chi connectivity index (χ1n) is 7.28. The molecule has 1 amide bonds. The third kappa shape index (κ3) is 2.23. The van der Waals surface area contributed by atoms with Crippen LogP contribution in [-0.2, 0) is 5.54 Å². The van der Waals surface area contributed by atoms with E-state index in [1.807, 2.05) is 0 Å². The zero-order chi connectivity index (χ0) is 16.0. The van der Waals surface area contributed by atoms with Gasteiger partial charge in [-0.2, -0.15) is 0 Å². The van der Waals surface area contributed by atoms with Crippen LogP contribution >= 0.6 is 0 Å². The van der Waals surface area contributed by atoms with Crippen molar-refractivity contribution in [1.82, 2.24) is 10.3 Å². The number of fused-ring (bicyclic) bond motifs is 1. The SMILES string of the molecule is O=C(NC1(c2ccccc2F)CC1)c1cccc2[nH]c(=O)oc12. The highest BCUT2D eigenvalue weighted by Crippen LogP contribution is 2.46. The molecular formula is C17H13FN2O3. The van der Waals surface area contributed by atoms with Gasteiger partial charge in [0.15, 0.2) is 5.58 Å². The summed E-state index contributed by atoms with van der Waals surface area (Å²) in [6.07, 6.45) is 1.35. The van der Waals surface area contributed by atoms with E-state index in [1.54, 1.807) is 36.4 Å². The number of aromatic nitrogens is 1. The van der Waals surface area contributed by atoms with Gasteiger partial charge in [-0.3, -0.25) is 9.78 Å². The van der Waals surface area contributed by atoms with Crippen molar-refractivity contribution in [3.8, 4) is 0 Å². The Morgan fingerprint density at radius 2 is 1.96 bits per heavy atom. The first-order valence-corrected chi connectivity index (χ1v) is 7.28. The van der Waals surface area contributed by atoms with Crippen LogP contribution in [0.4, 0.5) is 4.39 Å². The average Bonchev–Trinajstić information content (AvgIpc) is 3.19. The van der Waals surface area contributed by atoms with Gasteiger partial charge in [-0.1, -0.05) is 24.3 Å². The number of benzene rings is 2. The van der Waals surface area contributed by atoms with Gasteiger partial charge >= 0.3 is 5.76 Å². The Bertz CT molecular complexity index is 969. The Kier molecular flexibility index (Phi) is 2.87. The van der Waals surface area contributed by atoms with Crippen molar-refractivity contribution in [1.29, 1.82) is 0 Å². The smallest absolute Gasteiger partial charge is 0.407 e. The number of aromatic amines is 1. The molecule has 2 aromatic carbocycles. The topological polar surface area (TPSA) is 75.1 Å². The Labute approximate surface area is 130 Å². The number of halogens is 1. The van der Waals surface area contributed by atoms with Crippen LogP contribution in [0.1, 0.15) is 28.8 Å². The van der Waals surface area contributed by atoms with Crippen molar-refractivity contribution in [2.75, 3.05) is 0 Å². The maximum absolute atomic E-state index is 14.0. The third-order valence-corrected chi connectivity index (χ3v) is 4.18. The fourth-order valence-electron chi connectivity index (χ4n) is 2.87. The van der Waals surface area contributed by atoms with E-state index in [4.69, 9.17) is 4.42 Å². The molecule has 116 valence electrons. The average molecular weight is 312 g/mol. The molecule has 2 N–H and O–H groups in total. The van der Waals surface area contributed by atoms with Crippen molar-refractivity contribution >= 4 is 17.0 Å². The normalized spacial score (nSPS) is 15.5. The lowest BCUT2D eigenvalue weighted by atomic mass is 10.0. The van der Waals surface area contributed by atoms with Gasteiger partial charge in [-0.25, -0.2) is 9.18 Å². The van der Waals surface area contributed by atoms with Gasteiger partial charge in [0, 0.05) is 5.56 Å². The lowest BCUT2D eigenvalue weighted by Gasteiger charge is -2.18. The molecule has 0 radical (unpaired) electrons. The number of carbonyl (C=O) groups is 1. The van der Waals surface area contributed by atoms with E-state index in [1.165, 1.54) is 6.07 Å². The second-order valence-corrected chi connectivity index (χ2v) is 5.71. The molecule has 1 aliphatic rings. The number of oxazole rings is 1. The molecule has 23 heavy (non-hydrogen) atoms. The number of para-hydroxylation sites is 1. The van der Waals surface area contributed by atoms with Crippen LogP contribution in [-0.4, -0.2) is 10.9 Å². The second-order valence-electron chi connectivity index (χ2n) is 5.71. The minimum atomic E-state index is -0.679. The van der Waals surface area contributed by atoms with Crippen LogP contribution in [0.3, 0.4) is 0 Å². The highest BCUT2D eigenvalue weighted by Gasteiger charge is 2.47. The van der Waals surface area contributed by atoms with Crippen LogP contribution in [0.25, 0.3) is 11.1 Å². The van der Waals surface area contributed by atoms with E-state index >= 15 is 0 Å². The molecule has 1 aromatic heterocycles. The fourth-order valence-corrected chi connectivity index (χ4v) is 2.87. The summed E-state index contributed by atoms with van der Waals surface area (Å²) in [4.78, 5) is 26.4. The van der Waals surface area contributed by atoms with Crippen LogP contribution in [0.5, 0.6) is 0 Å². The molecule has 0 spiro atoms. The van der Waals surface area contributed by atoms with Gasteiger partial charge in [0.25, 0.3) is 5.91 Å². The largest absolute Gasteiger partial charge is 0.417 e. The maximum atomic E-state index is 14.0. The molecule has 3 aromatic rings. The number of carbonyl (C=O) groups excluding carboxylic acids is 1. The lowest BCUT2D eigenvalue weighted by Crippen LogP contribution is -2.35. The summed E-state index contributed by atoms with van der Waals surface area (Å²) in [5.41, 5.74) is 0.721. The molecule has 0 unspecified atom stereocenters. The molecule has 0 bridgehead atoms. The number of hydrogen-bond acceptors (Lipinski definition) is 3. The molecule has 1 heterocycles. The van der Waals surface area contributed by atoms with Crippen molar-refractivity contribution in [3.05, 3.63) is 70.0 Å². The summed E-state index contributed by atoms with van der Waals surface area (Å²) in [6.45, 7) is 0. The molecular weight excluding hydrogens is 299 g/mol. The van der Waals surface area contributed by atoms with E-state index in [0.717, 1.165) is 0 Å². The van der Waals surface area contributed by atoms with E-state index in [0.29, 0.717) is 23.9 Å². The minimum Gasteiger partial charge on any atom is -0.407 e. The Hall–Kier alpha value is -2.89. The Morgan fingerprint density at radius 3 is 2.70 bits per heavy atom. The van der Waals surface area contributed by atoms with Gasteiger partial charge in [-0.05, 0) is 31.0 Å². The third-order valence-electron chi connectivity index (χ3n) is 4.18. The van der Waals surface area contributed by atoms with Gasteiger partial charge in [0.05, 0.1) is 16.6 Å². The molecule has 0 aliphatic heterocycles. The predicted octanol–water partition coefficient (Wildman–Crippen LogP) is 2.68. The molecule has 1 fully saturated rings. The molecule has 4 rings (SSSR count). The van der Waals surface area contributed by atoms with E-state index in [-0.39, 0.29) is 22.9 Å². The summed E-state index contributed by atoms with van der Waals surface area (Å²) in [7, 11) is 0. The summed E-state index contributed by atoms with van der Waals surface area (Å²) in [5, 5.41) is 2.89. The van der Waals surface area contributed by atoms with Crippen LogP contribution in [0.2, 0.25) is 0 Å². The van der Waals surface area contributed by atoms with Gasteiger partial charge in [0.1, 0.15) is 5.82 Å². The standard InChI is InChI=1S/C17H13FN2O3/c18-12-6-2-1-5-11(12)17(8-9-17)20-15(21)10-4-3-7-13-14(10)23-16(22)19-13/h1-7H,8-9H2,(H,19,22)(H,20,21). The maximum Gasteiger partial charge on any atom is 0.417 e. The molecule has 1 saturated carbocycles. The zero-order valence-electron chi connectivity index (χ0n) is 12.1. The van der Waals surface area contributed by atoms with Gasteiger partial charge < -0.3 is 9.73 Å². The quantitative estimate of drug-likeness (QED) is 0.781. The van der Waals surface area contributed by atoms with Crippen molar-refractivity contribution in [2.45, 2.75) is 18.4 Å². The van der Waals surface area contributed by atoms with Crippen LogP contribution in [0.15, 0.2) is 51.7 Å². The number of H-pyrrole nitrogens is 1. The second kappa shape index (κ2) is 4.81. The van der Waals surface area contributed by atoms with Crippen LogP contribution < -0.4 is 11.1 Å². The fraction of sp³-hybridized carbons (Fsp3) is 0.176. The first kappa shape index (κ1) is 13.8. The number of rotatable bonds is 3. The molecule has 1 aliphatic carbocycles. The van der Waals surface area contributed by atoms with Crippen molar-refractivity contribution in [2.24, 2.45) is 0 Å². The summed E-state index contributed by atoms with van der Waals surface area (Å²) in [6, 6.07) is 11.3. The first-order chi connectivity index (χ1) is 11.1. The van der Waals surface area contributed by atoms with E-state index < -0.39 is 11.3 Å². The highest BCUT2D eigenvalue weighted by molar-refractivity contribution is 6.04. The highest BCUT2D eigenvalue weighted by atomic mass is 19.1. The van der Waals surface area contributed by atoms with Crippen molar-refractivity contribution in [3.63, 3.8) is 0 Å². The summed E-state index contributed by atoms with van der Waals surface area (Å²) in [5.74, 6) is -1.34. The zero-order valence-corrected chi connectivity index (χ0v) is 12.1. The molecule has 0 atom stereocenters. The van der Waals surface area contributed by atoms with E-state index in [9.17, 15) is 14.0 Å². The number of amides is 1. The monoisotopic (exact) mass is 312 g/mol. The summed E-state index contributed by atoms with van der Waals surface area (Å²) >= 11 is 0. The van der Waals surface area contributed by atoms with E-state index in [2.05, 4.69) is 10.3 Å². The summed E-state index contributed by atoms with van der Waals surface area (Å²) < 4.78 is 19.1. The van der Waals surface area contributed by atoms with Crippen LogP contribution in [0, 0.1) is 5.82 Å². The molecule has 6 heteroatoms. The molecule has 5 nitrogen and oxygen atoms in total. The van der Waals surface area contributed by atoms with Gasteiger partial charge in [-0.15, -0.1) is 0 Å². The lowest BCUT2D eigenvalue weighted by molar-refractivity contribution is 0.0931.